The highest BCUT2D eigenvalue weighted by Gasteiger charge is 2.13. The van der Waals surface area contributed by atoms with Crippen molar-refractivity contribution >= 4 is 11.8 Å². The first kappa shape index (κ1) is 10.7. The lowest BCUT2D eigenvalue weighted by atomic mass is 10.1. The minimum Gasteiger partial charge on any atom is -0.338 e. The van der Waals surface area contributed by atoms with E-state index in [4.69, 9.17) is 10.3 Å². The minimum absolute atomic E-state index is 0.0911. The quantitative estimate of drug-likeness (QED) is 0.751. The third-order valence-corrected chi connectivity index (χ3v) is 1.92. The number of rotatable bonds is 4. The van der Waals surface area contributed by atoms with Crippen molar-refractivity contribution in [1.82, 2.24) is 5.16 Å². The van der Waals surface area contributed by atoms with E-state index in [2.05, 4.69) is 10.5 Å². The Morgan fingerprint density at radius 3 is 3.00 bits per heavy atom. The first-order valence-corrected chi connectivity index (χ1v) is 4.57. The van der Waals surface area contributed by atoms with Crippen molar-refractivity contribution in [3.8, 4) is 0 Å². The second-order valence-corrected chi connectivity index (χ2v) is 3.30. The zero-order valence-corrected chi connectivity index (χ0v) is 8.41. The smallest absolute Gasteiger partial charge is 0.231 e. The van der Waals surface area contributed by atoms with Crippen LogP contribution >= 0.6 is 0 Å². The van der Waals surface area contributed by atoms with Gasteiger partial charge in [-0.25, -0.2) is 0 Å². The molecule has 14 heavy (non-hydrogen) atoms. The second kappa shape index (κ2) is 4.76. The Bertz CT molecular complexity index is 309. The van der Waals surface area contributed by atoms with Crippen LogP contribution in [0.5, 0.6) is 0 Å². The number of carbonyl (C=O) groups excluding carboxylic acids is 1. The maximum Gasteiger partial charge on any atom is 0.231 e. The maximum absolute atomic E-state index is 11.5. The molecule has 1 amide bonds. The Kier molecular flexibility index (Phi) is 3.64. The number of amides is 1. The van der Waals surface area contributed by atoms with Gasteiger partial charge in [-0.15, -0.1) is 0 Å². The van der Waals surface area contributed by atoms with Gasteiger partial charge in [0.1, 0.15) is 0 Å². The van der Waals surface area contributed by atoms with Crippen LogP contribution in [0.15, 0.2) is 10.6 Å². The van der Waals surface area contributed by atoms with Crippen LogP contribution in [0.3, 0.4) is 0 Å². The summed E-state index contributed by atoms with van der Waals surface area (Å²) in [6.07, 6.45) is 0.666. The van der Waals surface area contributed by atoms with Gasteiger partial charge in [0.25, 0.3) is 0 Å². The number of anilines is 1. The Labute approximate surface area is 82.6 Å². The molecule has 1 aromatic heterocycles. The van der Waals surface area contributed by atoms with E-state index in [1.54, 1.807) is 13.0 Å². The molecule has 0 fully saturated rings. The average Bonchev–Trinajstić information content (AvgIpc) is 2.51. The number of nitrogens with zero attached hydrogens (tertiary/aromatic N) is 1. The van der Waals surface area contributed by atoms with Crippen molar-refractivity contribution in [3.63, 3.8) is 0 Å². The van der Waals surface area contributed by atoms with Crippen molar-refractivity contribution in [1.29, 1.82) is 0 Å². The number of aromatic nitrogens is 1. The Hall–Kier alpha value is -1.36. The largest absolute Gasteiger partial charge is 0.338 e. The van der Waals surface area contributed by atoms with E-state index >= 15 is 0 Å². The molecule has 1 unspecified atom stereocenters. The minimum atomic E-state index is -0.106. The fraction of sp³-hybridized carbons (Fsp3) is 0.556. The van der Waals surface area contributed by atoms with Crippen LogP contribution in [0.2, 0.25) is 0 Å². The van der Waals surface area contributed by atoms with Gasteiger partial charge in [-0.05, 0) is 19.9 Å². The van der Waals surface area contributed by atoms with Gasteiger partial charge >= 0.3 is 0 Å². The van der Waals surface area contributed by atoms with Gasteiger partial charge in [0, 0.05) is 12.0 Å². The van der Waals surface area contributed by atoms with Crippen molar-refractivity contribution in [2.45, 2.75) is 20.3 Å². The third kappa shape index (κ3) is 2.85. The van der Waals surface area contributed by atoms with Gasteiger partial charge in [-0.3, -0.25) is 10.1 Å². The van der Waals surface area contributed by atoms with Crippen LogP contribution in [-0.4, -0.2) is 17.6 Å². The molecule has 0 radical (unpaired) electrons. The number of carbonyl (C=O) groups is 1. The lowest BCUT2D eigenvalue weighted by Gasteiger charge is -2.07. The number of aryl methyl sites for hydroxylation is 1. The van der Waals surface area contributed by atoms with Crippen LogP contribution in [0.1, 0.15) is 19.0 Å². The third-order valence-electron chi connectivity index (χ3n) is 1.92. The summed E-state index contributed by atoms with van der Waals surface area (Å²) in [5.41, 5.74) is 6.09. The topological polar surface area (TPSA) is 81.2 Å². The molecule has 3 N–H and O–H groups in total. The molecule has 0 saturated carbocycles. The standard InChI is InChI=1S/C9H15N3O2/c1-6(3-4-10)9(13)11-8-5-7(2)12-14-8/h5-6H,3-4,10H2,1-2H3,(H,11,13). The SMILES string of the molecule is Cc1cc(NC(=O)C(C)CCN)on1. The molecule has 0 bridgehead atoms. The van der Waals surface area contributed by atoms with Gasteiger partial charge in [0.05, 0.1) is 5.69 Å². The van der Waals surface area contributed by atoms with Crippen molar-refractivity contribution in [3.05, 3.63) is 11.8 Å². The van der Waals surface area contributed by atoms with Crippen LogP contribution < -0.4 is 11.1 Å². The predicted molar refractivity (Wildman–Crippen MR) is 52.7 cm³/mol. The second-order valence-electron chi connectivity index (χ2n) is 3.30. The molecule has 1 rings (SSSR count). The van der Waals surface area contributed by atoms with E-state index in [1.165, 1.54) is 0 Å². The molecule has 5 heteroatoms. The molecule has 1 aromatic rings. The summed E-state index contributed by atoms with van der Waals surface area (Å²) >= 11 is 0. The molecular formula is C9H15N3O2. The molecule has 78 valence electrons. The molecule has 0 spiro atoms. The zero-order valence-electron chi connectivity index (χ0n) is 8.41. The monoisotopic (exact) mass is 197 g/mol. The van der Waals surface area contributed by atoms with E-state index in [9.17, 15) is 4.79 Å². The van der Waals surface area contributed by atoms with Gasteiger partial charge in [-0.1, -0.05) is 12.1 Å². The summed E-state index contributed by atoms with van der Waals surface area (Å²) < 4.78 is 4.85. The normalized spacial score (nSPS) is 12.5. The summed E-state index contributed by atoms with van der Waals surface area (Å²) in [4.78, 5) is 11.5. The summed E-state index contributed by atoms with van der Waals surface area (Å²) in [7, 11) is 0. The van der Waals surface area contributed by atoms with Crippen molar-refractivity contribution in [2.75, 3.05) is 11.9 Å². The van der Waals surface area contributed by atoms with E-state index in [0.29, 0.717) is 18.8 Å². The van der Waals surface area contributed by atoms with E-state index in [1.807, 2.05) is 6.92 Å². The Morgan fingerprint density at radius 1 is 1.79 bits per heavy atom. The molecular weight excluding hydrogens is 182 g/mol. The molecule has 1 heterocycles. The summed E-state index contributed by atoms with van der Waals surface area (Å²) in [5, 5.41) is 6.28. The first-order valence-electron chi connectivity index (χ1n) is 4.57. The molecule has 0 aliphatic carbocycles. The van der Waals surface area contributed by atoms with Gasteiger partial charge in [0.15, 0.2) is 0 Å². The number of hydrogen-bond donors (Lipinski definition) is 2. The van der Waals surface area contributed by atoms with Gasteiger partial charge in [0.2, 0.25) is 11.8 Å². The Balaban J connectivity index is 2.48. The summed E-state index contributed by atoms with van der Waals surface area (Å²) in [5.74, 6) is 0.188. The number of hydrogen-bond acceptors (Lipinski definition) is 4. The average molecular weight is 197 g/mol. The number of nitrogens with one attached hydrogen (secondary N) is 1. The van der Waals surface area contributed by atoms with E-state index in [-0.39, 0.29) is 11.8 Å². The van der Waals surface area contributed by atoms with Gasteiger partial charge < -0.3 is 10.3 Å². The maximum atomic E-state index is 11.5. The van der Waals surface area contributed by atoms with Crippen LogP contribution in [0.25, 0.3) is 0 Å². The summed E-state index contributed by atoms with van der Waals surface area (Å²) in [6.45, 7) is 4.12. The molecule has 1 atom stereocenters. The molecule has 0 saturated heterocycles. The van der Waals surface area contributed by atoms with Crippen molar-refractivity contribution < 1.29 is 9.32 Å². The molecule has 0 aliphatic rings. The molecule has 0 aliphatic heterocycles. The summed E-state index contributed by atoms with van der Waals surface area (Å²) in [6, 6.07) is 1.67. The number of nitrogens with two attached hydrogens (primary N) is 1. The molecule has 5 nitrogen and oxygen atoms in total. The van der Waals surface area contributed by atoms with Gasteiger partial charge in [-0.2, -0.15) is 0 Å². The van der Waals surface area contributed by atoms with Crippen LogP contribution in [-0.2, 0) is 4.79 Å². The fourth-order valence-electron chi connectivity index (χ4n) is 1.05. The Morgan fingerprint density at radius 2 is 2.50 bits per heavy atom. The fourth-order valence-corrected chi connectivity index (χ4v) is 1.05. The van der Waals surface area contributed by atoms with Crippen LogP contribution in [0, 0.1) is 12.8 Å². The van der Waals surface area contributed by atoms with E-state index in [0.717, 1.165) is 5.69 Å². The first-order chi connectivity index (χ1) is 6.63. The predicted octanol–water partition coefficient (Wildman–Crippen LogP) is 0.906. The van der Waals surface area contributed by atoms with Crippen molar-refractivity contribution in [2.24, 2.45) is 11.7 Å². The molecule has 0 aromatic carbocycles. The van der Waals surface area contributed by atoms with E-state index < -0.39 is 0 Å². The van der Waals surface area contributed by atoms with Crippen LogP contribution in [0.4, 0.5) is 5.88 Å². The lowest BCUT2D eigenvalue weighted by molar-refractivity contribution is -0.119. The highest BCUT2D eigenvalue weighted by molar-refractivity contribution is 5.90. The zero-order chi connectivity index (χ0) is 10.6. The lowest BCUT2D eigenvalue weighted by Crippen LogP contribution is -2.22. The highest BCUT2D eigenvalue weighted by atomic mass is 16.5. The highest BCUT2D eigenvalue weighted by Crippen LogP contribution is 2.11.